The molecule has 1 aliphatic rings. The summed E-state index contributed by atoms with van der Waals surface area (Å²) in [5, 5.41) is 3.30. The minimum atomic E-state index is -0.00625. The molecule has 1 heterocycles. The molecule has 1 aromatic carbocycles. The summed E-state index contributed by atoms with van der Waals surface area (Å²) in [7, 11) is 3.48. The Balaban J connectivity index is 2.00. The van der Waals surface area contributed by atoms with E-state index in [1.54, 1.807) is 19.0 Å². The summed E-state index contributed by atoms with van der Waals surface area (Å²) in [5.74, 6) is 0.319. The molecular formula is C18H27N3O2. The summed E-state index contributed by atoms with van der Waals surface area (Å²) < 4.78 is 0. The maximum Gasteiger partial charge on any atom is 0.253 e. The molecule has 1 aromatic rings. The number of carbonyl (C=O) groups excluding carboxylic acids is 2. The van der Waals surface area contributed by atoms with E-state index in [0.717, 1.165) is 31.5 Å². The number of nitrogens with one attached hydrogen (secondary N) is 1. The van der Waals surface area contributed by atoms with Crippen molar-refractivity contribution in [2.75, 3.05) is 33.7 Å². The van der Waals surface area contributed by atoms with Crippen molar-refractivity contribution < 1.29 is 9.59 Å². The summed E-state index contributed by atoms with van der Waals surface area (Å²) in [6.07, 6.45) is 2.04. The van der Waals surface area contributed by atoms with Gasteiger partial charge in [0.05, 0.1) is 5.92 Å². The predicted octanol–water partition coefficient (Wildman–Crippen LogP) is 1.74. The molecule has 1 aliphatic heterocycles. The molecule has 1 atom stereocenters. The van der Waals surface area contributed by atoms with Crippen molar-refractivity contribution in [2.45, 2.75) is 26.3 Å². The van der Waals surface area contributed by atoms with Gasteiger partial charge in [0, 0.05) is 39.3 Å². The summed E-state index contributed by atoms with van der Waals surface area (Å²) in [6.45, 7) is 5.11. The van der Waals surface area contributed by atoms with E-state index >= 15 is 0 Å². The molecule has 2 rings (SSSR count). The monoisotopic (exact) mass is 317 g/mol. The van der Waals surface area contributed by atoms with Gasteiger partial charge in [-0.2, -0.15) is 0 Å². The Kier molecular flexibility index (Phi) is 6.16. The molecule has 5 heteroatoms. The Hall–Kier alpha value is -1.88. The first-order valence-electron chi connectivity index (χ1n) is 8.33. The lowest BCUT2D eigenvalue weighted by atomic mass is 9.98. The number of rotatable bonds is 5. The van der Waals surface area contributed by atoms with Crippen molar-refractivity contribution in [3.63, 3.8) is 0 Å². The van der Waals surface area contributed by atoms with Crippen LogP contribution in [0.3, 0.4) is 0 Å². The highest BCUT2D eigenvalue weighted by molar-refractivity contribution is 5.93. The second-order valence-corrected chi connectivity index (χ2v) is 6.29. The van der Waals surface area contributed by atoms with Gasteiger partial charge < -0.3 is 15.1 Å². The molecule has 2 amide bonds. The van der Waals surface area contributed by atoms with E-state index in [4.69, 9.17) is 0 Å². The predicted molar refractivity (Wildman–Crippen MR) is 91.1 cm³/mol. The van der Waals surface area contributed by atoms with Gasteiger partial charge in [-0.05, 0) is 44.0 Å². The van der Waals surface area contributed by atoms with Crippen molar-refractivity contribution in [1.82, 2.24) is 15.1 Å². The molecule has 1 N–H and O–H groups in total. The van der Waals surface area contributed by atoms with Crippen LogP contribution < -0.4 is 5.32 Å². The van der Waals surface area contributed by atoms with Gasteiger partial charge in [-0.15, -0.1) is 0 Å². The fourth-order valence-electron chi connectivity index (χ4n) is 2.90. The van der Waals surface area contributed by atoms with Crippen LogP contribution in [0.15, 0.2) is 24.3 Å². The largest absolute Gasteiger partial charge is 0.345 e. The maximum absolute atomic E-state index is 12.6. The number of benzene rings is 1. The molecule has 5 nitrogen and oxygen atoms in total. The van der Waals surface area contributed by atoms with Crippen LogP contribution >= 0.6 is 0 Å². The molecule has 0 spiro atoms. The molecule has 1 fully saturated rings. The van der Waals surface area contributed by atoms with Crippen LogP contribution in [0.5, 0.6) is 0 Å². The summed E-state index contributed by atoms with van der Waals surface area (Å²) >= 11 is 0. The number of nitrogens with zero attached hydrogens (tertiary/aromatic N) is 2. The summed E-state index contributed by atoms with van der Waals surface area (Å²) in [4.78, 5) is 28.0. The van der Waals surface area contributed by atoms with Crippen molar-refractivity contribution in [2.24, 2.45) is 5.92 Å². The molecule has 0 aliphatic carbocycles. The van der Waals surface area contributed by atoms with E-state index in [1.807, 2.05) is 36.1 Å². The minimum absolute atomic E-state index is 0.00625. The maximum atomic E-state index is 12.6. The van der Waals surface area contributed by atoms with Crippen LogP contribution in [-0.2, 0) is 11.3 Å². The smallest absolute Gasteiger partial charge is 0.253 e. The normalized spacial score (nSPS) is 17.6. The Morgan fingerprint density at radius 1 is 1.22 bits per heavy atom. The van der Waals surface area contributed by atoms with E-state index in [2.05, 4.69) is 5.32 Å². The van der Waals surface area contributed by atoms with Crippen LogP contribution in [0.1, 0.15) is 35.7 Å². The van der Waals surface area contributed by atoms with Crippen molar-refractivity contribution in [3.05, 3.63) is 35.4 Å². The number of piperidine rings is 1. The SMILES string of the molecule is CCN(Cc1ccc(C(=O)N(C)C)cc1)C(=O)C1CCCNC1. The van der Waals surface area contributed by atoms with Crippen LogP contribution in [0, 0.1) is 5.92 Å². The summed E-state index contributed by atoms with van der Waals surface area (Å²) in [5.41, 5.74) is 1.73. The lowest BCUT2D eigenvalue weighted by Gasteiger charge is -2.29. The molecular weight excluding hydrogens is 290 g/mol. The molecule has 0 aromatic heterocycles. The van der Waals surface area contributed by atoms with Gasteiger partial charge in [-0.1, -0.05) is 12.1 Å². The Labute approximate surface area is 138 Å². The third-order valence-electron chi connectivity index (χ3n) is 4.32. The molecule has 0 bridgehead atoms. The van der Waals surface area contributed by atoms with E-state index in [9.17, 15) is 9.59 Å². The second-order valence-electron chi connectivity index (χ2n) is 6.29. The molecule has 0 radical (unpaired) electrons. The van der Waals surface area contributed by atoms with E-state index in [0.29, 0.717) is 18.7 Å². The molecule has 1 saturated heterocycles. The van der Waals surface area contributed by atoms with E-state index < -0.39 is 0 Å². The van der Waals surface area contributed by atoms with Gasteiger partial charge in [-0.3, -0.25) is 9.59 Å². The van der Waals surface area contributed by atoms with Gasteiger partial charge in [0.2, 0.25) is 5.91 Å². The molecule has 1 unspecified atom stereocenters. The zero-order valence-electron chi connectivity index (χ0n) is 14.3. The van der Waals surface area contributed by atoms with Crippen LogP contribution in [0.2, 0.25) is 0 Å². The van der Waals surface area contributed by atoms with Crippen molar-refractivity contribution in [3.8, 4) is 0 Å². The second kappa shape index (κ2) is 8.11. The fourth-order valence-corrected chi connectivity index (χ4v) is 2.90. The van der Waals surface area contributed by atoms with Crippen molar-refractivity contribution >= 4 is 11.8 Å². The Morgan fingerprint density at radius 3 is 2.43 bits per heavy atom. The Bertz CT molecular complexity index is 534. The number of carbonyl (C=O) groups is 2. The topological polar surface area (TPSA) is 52.7 Å². The molecule has 126 valence electrons. The third kappa shape index (κ3) is 4.55. The lowest BCUT2D eigenvalue weighted by molar-refractivity contribution is -0.136. The highest BCUT2D eigenvalue weighted by Crippen LogP contribution is 2.16. The van der Waals surface area contributed by atoms with Gasteiger partial charge >= 0.3 is 0 Å². The standard InChI is InChI=1S/C18H27N3O2/c1-4-21(18(23)16-6-5-11-19-12-16)13-14-7-9-15(10-8-14)17(22)20(2)3/h7-10,16,19H,4-6,11-13H2,1-3H3. The van der Waals surface area contributed by atoms with Gasteiger partial charge in [-0.25, -0.2) is 0 Å². The third-order valence-corrected chi connectivity index (χ3v) is 4.32. The number of hydrogen-bond acceptors (Lipinski definition) is 3. The fraction of sp³-hybridized carbons (Fsp3) is 0.556. The van der Waals surface area contributed by atoms with Crippen LogP contribution in [-0.4, -0.2) is 55.3 Å². The van der Waals surface area contributed by atoms with E-state index in [-0.39, 0.29) is 17.7 Å². The van der Waals surface area contributed by atoms with Gasteiger partial charge in [0.1, 0.15) is 0 Å². The zero-order chi connectivity index (χ0) is 16.8. The lowest BCUT2D eigenvalue weighted by Crippen LogP contribution is -2.42. The first kappa shape index (κ1) is 17.5. The van der Waals surface area contributed by atoms with Crippen molar-refractivity contribution in [1.29, 1.82) is 0 Å². The van der Waals surface area contributed by atoms with Gasteiger partial charge in [0.25, 0.3) is 5.91 Å². The highest BCUT2D eigenvalue weighted by atomic mass is 16.2. The highest BCUT2D eigenvalue weighted by Gasteiger charge is 2.25. The summed E-state index contributed by atoms with van der Waals surface area (Å²) in [6, 6.07) is 7.54. The average molecular weight is 317 g/mol. The minimum Gasteiger partial charge on any atom is -0.345 e. The van der Waals surface area contributed by atoms with Crippen LogP contribution in [0.4, 0.5) is 0 Å². The first-order valence-corrected chi connectivity index (χ1v) is 8.33. The number of hydrogen-bond donors (Lipinski definition) is 1. The quantitative estimate of drug-likeness (QED) is 0.900. The van der Waals surface area contributed by atoms with Crippen LogP contribution in [0.25, 0.3) is 0 Å². The molecule has 0 saturated carbocycles. The zero-order valence-corrected chi connectivity index (χ0v) is 14.3. The average Bonchev–Trinajstić information content (AvgIpc) is 2.59. The first-order chi connectivity index (χ1) is 11.0. The molecule has 23 heavy (non-hydrogen) atoms. The Morgan fingerprint density at radius 2 is 1.91 bits per heavy atom. The van der Waals surface area contributed by atoms with Gasteiger partial charge in [0.15, 0.2) is 0 Å². The number of amides is 2. The van der Waals surface area contributed by atoms with E-state index in [1.165, 1.54) is 0 Å².